The van der Waals surface area contributed by atoms with E-state index in [-0.39, 0.29) is 5.60 Å². The van der Waals surface area contributed by atoms with Crippen LogP contribution >= 0.6 is 0 Å². The third-order valence-corrected chi connectivity index (χ3v) is 2.79. The fourth-order valence-electron chi connectivity index (χ4n) is 1.76. The molecule has 0 aliphatic heterocycles. The summed E-state index contributed by atoms with van der Waals surface area (Å²) in [5, 5.41) is 6.24. The highest BCUT2D eigenvalue weighted by Gasteiger charge is 2.10. The van der Waals surface area contributed by atoms with E-state index in [0.29, 0.717) is 19.7 Å². The van der Waals surface area contributed by atoms with Gasteiger partial charge < -0.3 is 15.4 Å². The van der Waals surface area contributed by atoms with Crippen LogP contribution in [-0.2, 0) is 17.9 Å². The van der Waals surface area contributed by atoms with E-state index in [1.54, 1.807) is 0 Å². The second-order valence-electron chi connectivity index (χ2n) is 5.97. The molecule has 1 aromatic rings. The molecule has 0 aromatic heterocycles. The van der Waals surface area contributed by atoms with Crippen LogP contribution in [-0.4, -0.2) is 24.7 Å². The van der Waals surface area contributed by atoms with Gasteiger partial charge in [0.25, 0.3) is 0 Å². The maximum atomic E-state index is 5.80. The van der Waals surface area contributed by atoms with Gasteiger partial charge in [-0.1, -0.05) is 30.2 Å². The van der Waals surface area contributed by atoms with Crippen LogP contribution in [0.3, 0.4) is 0 Å². The monoisotopic (exact) mass is 301 g/mol. The first-order valence-electron chi connectivity index (χ1n) is 7.62. The Kier molecular flexibility index (Phi) is 7.48. The highest BCUT2D eigenvalue weighted by molar-refractivity contribution is 5.79. The third-order valence-electron chi connectivity index (χ3n) is 2.79. The lowest BCUT2D eigenvalue weighted by atomic mass is 10.1. The van der Waals surface area contributed by atoms with E-state index >= 15 is 0 Å². The Bertz CT molecular complexity index is 524. The molecule has 0 spiro atoms. The molecule has 4 heteroatoms. The van der Waals surface area contributed by atoms with E-state index in [9.17, 15) is 0 Å². The molecule has 120 valence electrons. The number of nitrogens with one attached hydrogen (secondary N) is 2. The molecular formula is C18H27N3O. The number of terminal acetylenes is 1. The van der Waals surface area contributed by atoms with Crippen LogP contribution < -0.4 is 10.6 Å². The van der Waals surface area contributed by atoms with E-state index in [4.69, 9.17) is 11.2 Å². The second-order valence-corrected chi connectivity index (χ2v) is 5.97. The minimum Gasteiger partial charge on any atom is -0.371 e. The van der Waals surface area contributed by atoms with Crippen molar-refractivity contribution < 1.29 is 4.74 Å². The minimum absolute atomic E-state index is 0.133. The first kappa shape index (κ1) is 18.1. The molecule has 0 saturated carbocycles. The molecule has 22 heavy (non-hydrogen) atoms. The van der Waals surface area contributed by atoms with Gasteiger partial charge in [0.05, 0.1) is 25.3 Å². The molecule has 4 nitrogen and oxygen atoms in total. The number of benzene rings is 1. The van der Waals surface area contributed by atoms with Gasteiger partial charge in [-0.15, -0.1) is 6.42 Å². The summed E-state index contributed by atoms with van der Waals surface area (Å²) in [7, 11) is 0. The van der Waals surface area contributed by atoms with Gasteiger partial charge in [0.1, 0.15) is 0 Å². The highest BCUT2D eigenvalue weighted by atomic mass is 16.5. The van der Waals surface area contributed by atoms with E-state index in [2.05, 4.69) is 60.5 Å². The van der Waals surface area contributed by atoms with Crippen LogP contribution in [0, 0.1) is 12.3 Å². The van der Waals surface area contributed by atoms with Crippen molar-refractivity contribution in [1.29, 1.82) is 0 Å². The average molecular weight is 301 g/mol. The van der Waals surface area contributed by atoms with Crippen molar-refractivity contribution in [3.63, 3.8) is 0 Å². The van der Waals surface area contributed by atoms with E-state index in [0.717, 1.165) is 23.6 Å². The summed E-state index contributed by atoms with van der Waals surface area (Å²) in [6.45, 7) is 10.7. The lowest BCUT2D eigenvalue weighted by molar-refractivity contribution is -0.0149. The maximum absolute atomic E-state index is 5.80. The number of aliphatic imine (C=N–C) groups is 1. The fraction of sp³-hybridized carbons (Fsp3) is 0.500. The largest absolute Gasteiger partial charge is 0.371 e. The predicted molar refractivity (Wildman–Crippen MR) is 92.6 cm³/mol. The topological polar surface area (TPSA) is 45.7 Å². The standard InChI is InChI=1S/C18H27N3O/c1-6-11-20-17(19-7-2)21-13-15-9-8-10-16(12-15)14-22-18(3,4)5/h1,8-10,12H,7,11,13-14H2,2-5H3,(H2,19,20,21). The Morgan fingerprint density at radius 1 is 1.27 bits per heavy atom. The van der Waals surface area contributed by atoms with Crippen molar-refractivity contribution in [2.75, 3.05) is 13.1 Å². The number of nitrogens with zero attached hydrogens (tertiary/aromatic N) is 1. The van der Waals surface area contributed by atoms with Crippen LogP contribution in [0.1, 0.15) is 38.8 Å². The summed E-state index contributed by atoms with van der Waals surface area (Å²) in [5.41, 5.74) is 2.17. The van der Waals surface area contributed by atoms with Gasteiger partial charge in [0.2, 0.25) is 0 Å². The molecule has 0 heterocycles. The molecule has 0 unspecified atom stereocenters. The minimum atomic E-state index is -0.133. The number of guanidine groups is 1. The molecule has 0 saturated heterocycles. The molecule has 0 bridgehead atoms. The van der Waals surface area contributed by atoms with Gasteiger partial charge in [0, 0.05) is 6.54 Å². The van der Waals surface area contributed by atoms with Gasteiger partial charge in [-0.05, 0) is 38.8 Å². The predicted octanol–water partition coefficient (Wildman–Crippen LogP) is 2.69. The maximum Gasteiger partial charge on any atom is 0.192 e. The van der Waals surface area contributed by atoms with Crippen LogP contribution in [0.25, 0.3) is 0 Å². The molecule has 0 fully saturated rings. The molecule has 1 aromatic carbocycles. The Labute approximate surface area is 134 Å². The van der Waals surface area contributed by atoms with E-state index in [1.165, 1.54) is 0 Å². The summed E-state index contributed by atoms with van der Waals surface area (Å²) in [4.78, 5) is 4.53. The lowest BCUT2D eigenvalue weighted by Crippen LogP contribution is -2.37. The Morgan fingerprint density at radius 2 is 2.00 bits per heavy atom. The average Bonchev–Trinajstić information content (AvgIpc) is 2.48. The van der Waals surface area contributed by atoms with Crippen molar-refractivity contribution in [2.45, 2.75) is 46.4 Å². The molecule has 0 atom stereocenters. The zero-order valence-electron chi connectivity index (χ0n) is 14.1. The van der Waals surface area contributed by atoms with Crippen LogP contribution in [0.4, 0.5) is 0 Å². The van der Waals surface area contributed by atoms with Crippen molar-refractivity contribution in [3.05, 3.63) is 35.4 Å². The molecular weight excluding hydrogens is 274 g/mol. The van der Waals surface area contributed by atoms with Crippen molar-refractivity contribution in [3.8, 4) is 12.3 Å². The normalized spacial score (nSPS) is 11.9. The molecule has 1 rings (SSSR count). The smallest absolute Gasteiger partial charge is 0.192 e. The van der Waals surface area contributed by atoms with Crippen LogP contribution in [0.2, 0.25) is 0 Å². The molecule has 2 N–H and O–H groups in total. The molecule has 0 amide bonds. The van der Waals surface area contributed by atoms with Crippen LogP contribution in [0.5, 0.6) is 0 Å². The van der Waals surface area contributed by atoms with Crippen molar-refractivity contribution >= 4 is 5.96 Å². The Balaban J connectivity index is 2.66. The lowest BCUT2D eigenvalue weighted by Gasteiger charge is -2.19. The zero-order chi connectivity index (χ0) is 16.4. The van der Waals surface area contributed by atoms with Crippen molar-refractivity contribution in [1.82, 2.24) is 10.6 Å². The molecule has 0 aliphatic rings. The highest BCUT2D eigenvalue weighted by Crippen LogP contribution is 2.13. The third kappa shape index (κ3) is 7.70. The number of hydrogen-bond donors (Lipinski definition) is 2. The number of hydrogen-bond acceptors (Lipinski definition) is 2. The Morgan fingerprint density at radius 3 is 2.64 bits per heavy atom. The van der Waals surface area contributed by atoms with E-state index in [1.807, 2.05) is 13.0 Å². The summed E-state index contributed by atoms with van der Waals surface area (Å²) in [6, 6.07) is 8.30. The first-order chi connectivity index (χ1) is 10.4. The quantitative estimate of drug-likeness (QED) is 0.482. The second kappa shape index (κ2) is 9.11. The summed E-state index contributed by atoms with van der Waals surface area (Å²) >= 11 is 0. The van der Waals surface area contributed by atoms with Crippen molar-refractivity contribution in [2.24, 2.45) is 4.99 Å². The number of ether oxygens (including phenoxy) is 1. The molecule has 0 aliphatic carbocycles. The van der Waals surface area contributed by atoms with Gasteiger partial charge in [0.15, 0.2) is 5.96 Å². The van der Waals surface area contributed by atoms with Gasteiger partial charge in [-0.3, -0.25) is 0 Å². The van der Waals surface area contributed by atoms with Gasteiger partial charge >= 0.3 is 0 Å². The summed E-state index contributed by atoms with van der Waals surface area (Å²) in [5.74, 6) is 3.28. The van der Waals surface area contributed by atoms with E-state index < -0.39 is 0 Å². The van der Waals surface area contributed by atoms with Gasteiger partial charge in [-0.25, -0.2) is 4.99 Å². The van der Waals surface area contributed by atoms with Gasteiger partial charge in [-0.2, -0.15) is 0 Å². The van der Waals surface area contributed by atoms with Crippen LogP contribution in [0.15, 0.2) is 29.3 Å². The fourth-order valence-corrected chi connectivity index (χ4v) is 1.76. The molecule has 0 radical (unpaired) electrons. The summed E-state index contributed by atoms with van der Waals surface area (Å²) in [6.07, 6.45) is 5.26. The SMILES string of the molecule is C#CCNC(=NCc1cccc(COC(C)(C)C)c1)NCC. The summed E-state index contributed by atoms with van der Waals surface area (Å²) < 4.78 is 5.80. The zero-order valence-corrected chi connectivity index (χ0v) is 14.1. The Hall–Kier alpha value is -1.99. The first-order valence-corrected chi connectivity index (χ1v) is 7.62. The number of rotatable bonds is 6.